The highest BCUT2D eigenvalue weighted by Crippen LogP contribution is 2.26. The number of nitro benzene ring substituents is 1. The number of carbonyl (C=O) groups is 1. The van der Waals surface area contributed by atoms with Gasteiger partial charge in [-0.15, -0.1) is 0 Å². The zero-order valence-electron chi connectivity index (χ0n) is 11.3. The number of nitrogens with zero attached hydrogens (tertiary/aromatic N) is 2. The Hall–Kier alpha value is -1.95. The molecule has 0 aliphatic carbocycles. The molecule has 0 aromatic heterocycles. The molecule has 1 N–H and O–H groups in total. The minimum Gasteiger partial charge on any atom is -0.477 e. The van der Waals surface area contributed by atoms with Crippen molar-refractivity contribution < 1.29 is 14.8 Å². The molecule has 0 fully saturated rings. The van der Waals surface area contributed by atoms with Crippen LogP contribution in [0.25, 0.3) is 0 Å². The van der Waals surface area contributed by atoms with E-state index in [1.165, 1.54) is 12.1 Å². The van der Waals surface area contributed by atoms with Crippen LogP contribution in [-0.2, 0) is 0 Å². The SMILES string of the molecule is CCN(CC)C(C)c1ccc(C(=O)O)c([N+](=O)[O-])c1. The number of benzene rings is 1. The van der Waals surface area contributed by atoms with Crippen LogP contribution in [0.4, 0.5) is 5.69 Å². The number of nitro groups is 1. The van der Waals surface area contributed by atoms with E-state index >= 15 is 0 Å². The van der Waals surface area contributed by atoms with E-state index < -0.39 is 10.9 Å². The molecule has 0 bridgehead atoms. The predicted octanol–water partition coefficient (Wildman–Crippen LogP) is 2.70. The van der Waals surface area contributed by atoms with Crippen LogP contribution in [0.3, 0.4) is 0 Å². The van der Waals surface area contributed by atoms with E-state index in [-0.39, 0.29) is 17.3 Å². The molecule has 0 saturated heterocycles. The molecule has 104 valence electrons. The van der Waals surface area contributed by atoms with Crippen molar-refractivity contribution in [3.05, 3.63) is 39.4 Å². The minimum absolute atomic E-state index is 0.0107. The Bertz CT molecular complexity index is 484. The first-order valence-corrected chi connectivity index (χ1v) is 6.18. The van der Waals surface area contributed by atoms with Crippen molar-refractivity contribution in [3.63, 3.8) is 0 Å². The van der Waals surface area contributed by atoms with Crippen molar-refractivity contribution in [2.24, 2.45) is 0 Å². The second-order valence-corrected chi connectivity index (χ2v) is 4.24. The molecule has 1 atom stereocenters. The molecule has 1 rings (SSSR count). The summed E-state index contributed by atoms with van der Waals surface area (Å²) in [6.45, 7) is 7.63. The standard InChI is InChI=1S/C13H18N2O4/c1-4-14(5-2)9(3)10-6-7-11(13(16)17)12(8-10)15(18)19/h6-9H,4-5H2,1-3H3,(H,16,17). The number of carboxylic acid groups (broad SMARTS) is 1. The fourth-order valence-electron chi connectivity index (χ4n) is 2.12. The molecule has 1 aromatic rings. The van der Waals surface area contributed by atoms with Crippen LogP contribution >= 0.6 is 0 Å². The molecule has 0 aliphatic rings. The van der Waals surface area contributed by atoms with Gasteiger partial charge in [0.1, 0.15) is 5.56 Å². The molecular weight excluding hydrogens is 248 g/mol. The van der Waals surface area contributed by atoms with Gasteiger partial charge in [0.25, 0.3) is 5.69 Å². The lowest BCUT2D eigenvalue weighted by Crippen LogP contribution is -2.26. The maximum absolute atomic E-state index is 10.9. The third kappa shape index (κ3) is 3.29. The second-order valence-electron chi connectivity index (χ2n) is 4.24. The van der Waals surface area contributed by atoms with Crippen LogP contribution in [0, 0.1) is 10.1 Å². The zero-order chi connectivity index (χ0) is 14.6. The van der Waals surface area contributed by atoms with Crippen molar-refractivity contribution >= 4 is 11.7 Å². The summed E-state index contributed by atoms with van der Waals surface area (Å²) in [5.74, 6) is -1.28. The van der Waals surface area contributed by atoms with E-state index in [0.717, 1.165) is 18.7 Å². The van der Waals surface area contributed by atoms with Gasteiger partial charge in [-0.25, -0.2) is 4.79 Å². The van der Waals surface area contributed by atoms with E-state index in [4.69, 9.17) is 5.11 Å². The Morgan fingerprint density at radius 1 is 1.42 bits per heavy atom. The van der Waals surface area contributed by atoms with Gasteiger partial charge in [0, 0.05) is 12.1 Å². The van der Waals surface area contributed by atoms with Gasteiger partial charge in [-0.3, -0.25) is 15.0 Å². The van der Waals surface area contributed by atoms with Gasteiger partial charge in [0.2, 0.25) is 0 Å². The van der Waals surface area contributed by atoms with Crippen LogP contribution in [0.5, 0.6) is 0 Å². The smallest absolute Gasteiger partial charge is 0.342 e. The molecule has 1 aromatic carbocycles. The van der Waals surface area contributed by atoms with Crippen molar-refractivity contribution in [2.75, 3.05) is 13.1 Å². The molecule has 0 amide bonds. The normalized spacial score (nSPS) is 12.4. The Balaban J connectivity index is 3.22. The molecule has 0 radical (unpaired) electrons. The molecular formula is C13H18N2O4. The van der Waals surface area contributed by atoms with Gasteiger partial charge < -0.3 is 5.11 Å². The van der Waals surface area contributed by atoms with Crippen molar-refractivity contribution in [1.82, 2.24) is 4.90 Å². The zero-order valence-corrected chi connectivity index (χ0v) is 11.3. The van der Waals surface area contributed by atoms with Crippen molar-refractivity contribution in [2.45, 2.75) is 26.8 Å². The molecule has 0 aliphatic heterocycles. The van der Waals surface area contributed by atoms with E-state index in [1.54, 1.807) is 6.07 Å². The second kappa shape index (κ2) is 6.29. The average molecular weight is 266 g/mol. The highest BCUT2D eigenvalue weighted by molar-refractivity contribution is 5.92. The van der Waals surface area contributed by atoms with Crippen molar-refractivity contribution in [1.29, 1.82) is 0 Å². The summed E-state index contributed by atoms with van der Waals surface area (Å²) in [6.07, 6.45) is 0. The van der Waals surface area contributed by atoms with Crippen LogP contribution in [0.2, 0.25) is 0 Å². The Kier molecular flexibility index (Phi) is 5.00. The lowest BCUT2D eigenvalue weighted by atomic mass is 10.0. The first-order valence-electron chi connectivity index (χ1n) is 6.18. The fraction of sp³-hybridized carbons (Fsp3) is 0.462. The van der Waals surface area contributed by atoms with E-state index in [9.17, 15) is 14.9 Å². The van der Waals surface area contributed by atoms with Crippen LogP contribution in [0.15, 0.2) is 18.2 Å². The first-order chi connectivity index (χ1) is 8.92. The molecule has 0 spiro atoms. The Labute approximate surface area is 111 Å². The number of hydrogen-bond acceptors (Lipinski definition) is 4. The molecule has 19 heavy (non-hydrogen) atoms. The highest BCUT2D eigenvalue weighted by atomic mass is 16.6. The number of hydrogen-bond donors (Lipinski definition) is 1. The lowest BCUT2D eigenvalue weighted by Gasteiger charge is -2.26. The van der Waals surface area contributed by atoms with Gasteiger partial charge in [0.15, 0.2) is 0 Å². The fourth-order valence-corrected chi connectivity index (χ4v) is 2.12. The third-order valence-corrected chi connectivity index (χ3v) is 3.29. The third-order valence-electron chi connectivity index (χ3n) is 3.29. The topological polar surface area (TPSA) is 83.7 Å². The van der Waals surface area contributed by atoms with Crippen LogP contribution < -0.4 is 0 Å². The van der Waals surface area contributed by atoms with E-state index in [0.29, 0.717) is 0 Å². The molecule has 6 heteroatoms. The maximum Gasteiger partial charge on any atom is 0.342 e. The molecule has 0 heterocycles. The maximum atomic E-state index is 10.9. The van der Waals surface area contributed by atoms with Gasteiger partial charge >= 0.3 is 5.97 Å². The van der Waals surface area contributed by atoms with E-state index in [1.807, 2.05) is 20.8 Å². The van der Waals surface area contributed by atoms with Gasteiger partial charge in [-0.1, -0.05) is 19.9 Å². The number of aromatic carboxylic acids is 1. The molecule has 1 unspecified atom stereocenters. The van der Waals surface area contributed by atoms with E-state index in [2.05, 4.69) is 4.90 Å². The largest absolute Gasteiger partial charge is 0.477 e. The number of carboxylic acids is 1. The van der Waals surface area contributed by atoms with Gasteiger partial charge in [0.05, 0.1) is 4.92 Å². The summed E-state index contributed by atoms with van der Waals surface area (Å²) in [7, 11) is 0. The quantitative estimate of drug-likeness (QED) is 0.632. The average Bonchev–Trinajstić information content (AvgIpc) is 2.39. The summed E-state index contributed by atoms with van der Waals surface area (Å²) in [4.78, 5) is 23.4. The first kappa shape index (κ1) is 15.1. The Morgan fingerprint density at radius 3 is 2.42 bits per heavy atom. The monoisotopic (exact) mass is 266 g/mol. The molecule has 0 saturated carbocycles. The molecule has 6 nitrogen and oxygen atoms in total. The summed E-state index contributed by atoms with van der Waals surface area (Å²) >= 11 is 0. The minimum atomic E-state index is -1.28. The Morgan fingerprint density at radius 2 is 2.00 bits per heavy atom. The lowest BCUT2D eigenvalue weighted by molar-refractivity contribution is -0.385. The van der Waals surface area contributed by atoms with Gasteiger partial charge in [-0.05, 0) is 31.6 Å². The summed E-state index contributed by atoms with van der Waals surface area (Å²) < 4.78 is 0. The van der Waals surface area contributed by atoms with Crippen molar-refractivity contribution in [3.8, 4) is 0 Å². The van der Waals surface area contributed by atoms with Crippen LogP contribution in [-0.4, -0.2) is 34.0 Å². The number of rotatable bonds is 6. The summed E-state index contributed by atoms with van der Waals surface area (Å²) in [5, 5.41) is 19.9. The summed E-state index contributed by atoms with van der Waals surface area (Å²) in [6, 6.07) is 4.30. The van der Waals surface area contributed by atoms with Crippen LogP contribution in [0.1, 0.15) is 42.7 Å². The predicted molar refractivity (Wildman–Crippen MR) is 71.4 cm³/mol. The van der Waals surface area contributed by atoms with Gasteiger partial charge in [-0.2, -0.15) is 0 Å². The highest BCUT2D eigenvalue weighted by Gasteiger charge is 2.22. The summed E-state index contributed by atoms with van der Waals surface area (Å²) in [5.41, 5.74) is 0.116.